The smallest absolute Gasteiger partial charge is 0.405 e. The highest BCUT2D eigenvalue weighted by Crippen LogP contribution is 2.31. The van der Waals surface area contributed by atoms with Gasteiger partial charge < -0.3 is 4.74 Å². The zero-order valence-electron chi connectivity index (χ0n) is 9.47. The molecule has 2 nitrogen and oxygen atoms in total. The number of alkyl halides is 6. The van der Waals surface area contributed by atoms with Crippen LogP contribution in [0.1, 0.15) is 29.3 Å². The fourth-order valence-electron chi connectivity index (χ4n) is 1.30. The van der Waals surface area contributed by atoms with Gasteiger partial charge in [0.15, 0.2) is 5.78 Å². The Bertz CT molecular complexity index is 471. The van der Waals surface area contributed by atoms with Crippen molar-refractivity contribution in [1.29, 1.82) is 0 Å². The lowest BCUT2D eigenvalue weighted by atomic mass is 10.0. The molecule has 0 aliphatic heterocycles. The van der Waals surface area contributed by atoms with Gasteiger partial charge >= 0.3 is 6.36 Å². The van der Waals surface area contributed by atoms with Crippen molar-refractivity contribution in [3.63, 3.8) is 0 Å². The van der Waals surface area contributed by atoms with Gasteiger partial charge in [0, 0.05) is 5.56 Å². The lowest BCUT2D eigenvalue weighted by Gasteiger charge is -2.14. The van der Waals surface area contributed by atoms with Crippen molar-refractivity contribution in [3.8, 4) is 5.75 Å². The van der Waals surface area contributed by atoms with Crippen molar-refractivity contribution >= 4 is 21.7 Å². The summed E-state index contributed by atoms with van der Waals surface area (Å²) >= 11 is 2.88. The van der Waals surface area contributed by atoms with Crippen LogP contribution in [0.4, 0.5) is 22.0 Å². The Morgan fingerprint density at radius 2 is 1.89 bits per heavy atom. The first kappa shape index (κ1) is 15.9. The van der Waals surface area contributed by atoms with Crippen LogP contribution in [0.3, 0.4) is 0 Å². The monoisotopic (exact) mass is 346 g/mol. The van der Waals surface area contributed by atoms with Crippen molar-refractivity contribution in [2.45, 2.75) is 24.5 Å². The molecule has 0 fully saturated rings. The van der Waals surface area contributed by atoms with E-state index in [4.69, 9.17) is 0 Å². The zero-order valence-corrected chi connectivity index (χ0v) is 11.1. The number of ether oxygens (including phenoxy) is 1. The molecule has 106 valence electrons. The van der Waals surface area contributed by atoms with E-state index in [1.165, 1.54) is 6.92 Å². The minimum absolute atomic E-state index is 0.542. The average molecular weight is 347 g/mol. The van der Waals surface area contributed by atoms with Gasteiger partial charge in [-0.2, -0.15) is 0 Å². The second-order valence-corrected chi connectivity index (χ2v) is 4.96. The SMILES string of the molecule is CC(Br)C(=O)c1cc(C(F)F)ccc1OC(F)(F)F. The molecule has 19 heavy (non-hydrogen) atoms. The lowest BCUT2D eigenvalue weighted by Crippen LogP contribution is -2.20. The Balaban J connectivity index is 3.26. The zero-order chi connectivity index (χ0) is 14.8. The van der Waals surface area contributed by atoms with Crippen LogP contribution in [0, 0.1) is 0 Å². The first-order valence-corrected chi connectivity index (χ1v) is 5.89. The highest BCUT2D eigenvalue weighted by atomic mass is 79.9. The van der Waals surface area contributed by atoms with Gasteiger partial charge in [-0.05, 0) is 25.1 Å². The van der Waals surface area contributed by atoms with Crippen molar-refractivity contribution < 1.29 is 31.5 Å². The highest BCUT2D eigenvalue weighted by Gasteiger charge is 2.33. The number of hydrogen-bond acceptors (Lipinski definition) is 2. The van der Waals surface area contributed by atoms with Gasteiger partial charge in [0.25, 0.3) is 6.43 Å². The third-order valence-electron chi connectivity index (χ3n) is 2.11. The second-order valence-electron chi connectivity index (χ2n) is 3.58. The van der Waals surface area contributed by atoms with E-state index in [0.29, 0.717) is 12.1 Å². The van der Waals surface area contributed by atoms with Gasteiger partial charge in [-0.25, -0.2) is 8.78 Å². The quantitative estimate of drug-likeness (QED) is 0.456. The number of hydrogen-bond donors (Lipinski definition) is 0. The lowest BCUT2D eigenvalue weighted by molar-refractivity contribution is -0.274. The predicted octanol–water partition coefficient (Wildman–Crippen LogP) is 4.49. The summed E-state index contributed by atoms with van der Waals surface area (Å²) in [6.07, 6.45) is -7.89. The van der Waals surface area contributed by atoms with Gasteiger partial charge in [-0.1, -0.05) is 15.9 Å². The maximum atomic E-state index is 12.5. The molecule has 0 saturated heterocycles. The Morgan fingerprint density at radius 1 is 1.32 bits per heavy atom. The largest absolute Gasteiger partial charge is 0.573 e. The third kappa shape index (κ3) is 4.45. The van der Waals surface area contributed by atoms with Crippen LogP contribution in [-0.2, 0) is 0 Å². The summed E-state index contributed by atoms with van der Waals surface area (Å²) in [6, 6.07) is 2.19. The van der Waals surface area contributed by atoms with Crippen molar-refractivity contribution in [2.75, 3.05) is 0 Å². The third-order valence-corrected chi connectivity index (χ3v) is 2.52. The summed E-state index contributed by atoms with van der Waals surface area (Å²) in [4.78, 5) is 10.9. The van der Waals surface area contributed by atoms with Crippen LogP contribution >= 0.6 is 15.9 Å². The summed E-state index contributed by atoms with van der Waals surface area (Å²) in [5.41, 5.74) is -1.09. The molecule has 1 unspecified atom stereocenters. The Hall–Kier alpha value is -1.18. The molecule has 0 aromatic heterocycles. The minimum Gasteiger partial charge on any atom is -0.405 e. The molecule has 0 amide bonds. The summed E-state index contributed by atoms with van der Waals surface area (Å²) in [6.45, 7) is 1.37. The summed E-state index contributed by atoms with van der Waals surface area (Å²) in [7, 11) is 0. The Kier molecular flexibility index (Phi) is 4.89. The molecular weight excluding hydrogens is 339 g/mol. The molecule has 0 aliphatic carbocycles. The first-order chi connectivity index (χ1) is 8.61. The number of ketones is 1. The molecule has 0 heterocycles. The van der Waals surface area contributed by atoms with Gasteiger partial charge in [0.05, 0.1) is 10.4 Å². The molecular formula is C11H8BrF5O2. The molecule has 0 spiro atoms. The van der Waals surface area contributed by atoms with E-state index in [1.807, 2.05) is 0 Å². The van der Waals surface area contributed by atoms with Gasteiger partial charge in [0.2, 0.25) is 0 Å². The van der Waals surface area contributed by atoms with E-state index < -0.39 is 40.3 Å². The van der Waals surface area contributed by atoms with E-state index >= 15 is 0 Å². The fraction of sp³-hybridized carbons (Fsp3) is 0.364. The van der Waals surface area contributed by atoms with Crippen LogP contribution in [0.25, 0.3) is 0 Å². The average Bonchev–Trinajstić information content (AvgIpc) is 2.26. The van der Waals surface area contributed by atoms with Crippen molar-refractivity contribution in [1.82, 2.24) is 0 Å². The van der Waals surface area contributed by atoms with Crippen LogP contribution in [0.5, 0.6) is 5.75 Å². The van der Waals surface area contributed by atoms with E-state index in [0.717, 1.165) is 6.07 Å². The predicted molar refractivity (Wildman–Crippen MR) is 60.8 cm³/mol. The van der Waals surface area contributed by atoms with Crippen LogP contribution in [0.2, 0.25) is 0 Å². The van der Waals surface area contributed by atoms with Crippen molar-refractivity contribution in [2.24, 2.45) is 0 Å². The molecule has 0 N–H and O–H groups in total. The van der Waals surface area contributed by atoms with Crippen LogP contribution in [-0.4, -0.2) is 17.0 Å². The van der Waals surface area contributed by atoms with Crippen LogP contribution in [0.15, 0.2) is 18.2 Å². The number of Topliss-reactive ketones (excluding diaryl/α,β-unsaturated/α-hetero) is 1. The maximum Gasteiger partial charge on any atom is 0.573 e. The van der Waals surface area contributed by atoms with Crippen molar-refractivity contribution in [3.05, 3.63) is 29.3 Å². The molecule has 1 aromatic rings. The summed E-state index contributed by atoms with van der Waals surface area (Å²) in [5, 5.41) is 0. The van der Waals surface area contributed by atoms with Crippen LogP contribution < -0.4 is 4.74 Å². The topological polar surface area (TPSA) is 26.3 Å². The Labute approximate surface area is 113 Å². The van der Waals surface area contributed by atoms with Gasteiger partial charge in [-0.15, -0.1) is 13.2 Å². The van der Waals surface area contributed by atoms with E-state index in [9.17, 15) is 26.7 Å². The summed E-state index contributed by atoms with van der Waals surface area (Å²) in [5.74, 6) is -1.57. The first-order valence-electron chi connectivity index (χ1n) is 4.98. The minimum atomic E-state index is -5.00. The standard InChI is InChI=1S/C11H8BrF5O2/c1-5(12)9(18)7-4-6(10(13)14)2-3-8(7)19-11(15,16)17/h2-5,10H,1H3. The van der Waals surface area contributed by atoms with E-state index in [-0.39, 0.29) is 0 Å². The summed E-state index contributed by atoms with van der Waals surface area (Å²) < 4.78 is 65.1. The molecule has 0 aliphatic rings. The second kappa shape index (κ2) is 5.85. The highest BCUT2D eigenvalue weighted by molar-refractivity contribution is 9.10. The molecule has 1 aromatic carbocycles. The maximum absolute atomic E-state index is 12.5. The molecule has 0 saturated carbocycles. The van der Waals surface area contributed by atoms with E-state index in [2.05, 4.69) is 20.7 Å². The number of rotatable bonds is 4. The number of halogens is 6. The number of carbonyl (C=O) groups excluding carboxylic acids is 1. The molecule has 8 heteroatoms. The number of carbonyl (C=O) groups is 1. The number of benzene rings is 1. The normalized spacial score (nSPS) is 13.5. The van der Waals surface area contributed by atoms with E-state index in [1.54, 1.807) is 0 Å². The molecule has 0 bridgehead atoms. The fourth-order valence-corrected chi connectivity index (χ4v) is 1.55. The Morgan fingerprint density at radius 3 is 2.32 bits per heavy atom. The van der Waals surface area contributed by atoms with Gasteiger partial charge in [0.1, 0.15) is 5.75 Å². The molecule has 1 atom stereocenters. The molecule has 0 radical (unpaired) electrons. The molecule has 1 rings (SSSR count). The van der Waals surface area contributed by atoms with Gasteiger partial charge in [-0.3, -0.25) is 4.79 Å².